The zero-order valence-electron chi connectivity index (χ0n) is 18.2. The third-order valence-corrected chi connectivity index (χ3v) is 7.02. The molecule has 1 heterocycles. The van der Waals surface area contributed by atoms with E-state index in [4.69, 9.17) is 23.2 Å². The zero-order valence-corrected chi connectivity index (χ0v) is 19.7. The van der Waals surface area contributed by atoms with E-state index in [1.807, 2.05) is 42.5 Å². The van der Waals surface area contributed by atoms with Gasteiger partial charge in [0.25, 0.3) is 0 Å². The van der Waals surface area contributed by atoms with Crippen molar-refractivity contribution >= 4 is 35.1 Å². The highest BCUT2D eigenvalue weighted by Crippen LogP contribution is 2.44. The molecular formula is C25H29Cl2NO4. The number of halogens is 2. The first-order chi connectivity index (χ1) is 15.1. The van der Waals surface area contributed by atoms with E-state index >= 15 is 0 Å². The number of aliphatic carboxylic acids is 1. The molecule has 5 nitrogen and oxygen atoms in total. The number of hydrogen-bond donors (Lipinski definition) is 3. The number of carbonyl (C=O) groups excluding carboxylic acids is 1. The van der Waals surface area contributed by atoms with Gasteiger partial charge in [-0.15, -0.1) is 0 Å². The van der Waals surface area contributed by atoms with E-state index in [0.717, 1.165) is 11.1 Å². The smallest absolute Gasteiger partial charge is 0.304 e. The molecule has 7 heteroatoms. The molecule has 5 unspecified atom stereocenters. The van der Waals surface area contributed by atoms with Gasteiger partial charge in [-0.05, 0) is 61.6 Å². The van der Waals surface area contributed by atoms with E-state index in [9.17, 15) is 19.8 Å². The number of rotatable bonds is 8. The molecule has 0 bridgehead atoms. The van der Waals surface area contributed by atoms with Crippen LogP contribution in [0.5, 0.6) is 0 Å². The first-order valence-corrected chi connectivity index (χ1v) is 11.6. The molecule has 0 radical (unpaired) electrons. The molecule has 0 aromatic heterocycles. The van der Waals surface area contributed by atoms with E-state index in [0.29, 0.717) is 29.3 Å². The number of carbonyl (C=O) groups is 2. The van der Waals surface area contributed by atoms with Crippen LogP contribution in [0.3, 0.4) is 0 Å². The minimum absolute atomic E-state index is 0.180. The van der Waals surface area contributed by atoms with Crippen molar-refractivity contribution in [3.63, 3.8) is 0 Å². The van der Waals surface area contributed by atoms with Crippen molar-refractivity contribution in [3.05, 3.63) is 69.7 Å². The number of hydrogen-bond acceptors (Lipinski definition) is 3. The minimum Gasteiger partial charge on any atom is -0.481 e. The van der Waals surface area contributed by atoms with Crippen LogP contribution in [0, 0.1) is 11.3 Å². The number of carboxylic acids is 1. The molecule has 5 atom stereocenters. The van der Waals surface area contributed by atoms with E-state index in [1.165, 1.54) is 0 Å². The Bertz CT molecular complexity index is 963. The average molecular weight is 478 g/mol. The van der Waals surface area contributed by atoms with Crippen LogP contribution < -0.4 is 5.32 Å². The van der Waals surface area contributed by atoms with Crippen LogP contribution in [-0.4, -0.2) is 34.2 Å². The molecule has 1 amide bonds. The molecule has 1 fully saturated rings. The largest absolute Gasteiger partial charge is 0.481 e. The highest BCUT2D eigenvalue weighted by Gasteiger charge is 2.48. The lowest BCUT2D eigenvalue weighted by atomic mass is 9.66. The van der Waals surface area contributed by atoms with Crippen LogP contribution in [-0.2, 0) is 16.0 Å². The van der Waals surface area contributed by atoms with Gasteiger partial charge in [0, 0.05) is 27.9 Å². The number of piperidine rings is 1. The molecule has 0 spiro atoms. The Kier molecular flexibility index (Phi) is 7.86. The molecule has 172 valence electrons. The van der Waals surface area contributed by atoms with Gasteiger partial charge < -0.3 is 15.5 Å². The van der Waals surface area contributed by atoms with Gasteiger partial charge in [0.2, 0.25) is 5.91 Å². The summed E-state index contributed by atoms with van der Waals surface area (Å²) >= 11 is 12.2. The predicted octanol–water partition coefficient (Wildman–Crippen LogP) is 5.08. The Hall–Kier alpha value is -2.08. The van der Waals surface area contributed by atoms with Crippen LogP contribution in [0.15, 0.2) is 48.5 Å². The summed E-state index contributed by atoms with van der Waals surface area (Å²) in [6.45, 7) is 3.42. The second-order valence-corrected chi connectivity index (χ2v) is 9.94. The van der Waals surface area contributed by atoms with Gasteiger partial charge in [0.1, 0.15) is 0 Å². The zero-order chi connectivity index (χ0) is 23.5. The molecule has 1 aliphatic rings. The molecule has 3 rings (SSSR count). The summed E-state index contributed by atoms with van der Waals surface area (Å²) in [5.41, 5.74) is 0.975. The van der Waals surface area contributed by atoms with Crippen molar-refractivity contribution in [2.24, 2.45) is 11.3 Å². The summed E-state index contributed by atoms with van der Waals surface area (Å²) in [6, 6.07) is 14.7. The third-order valence-electron chi connectivity index (χ3n) is 6.53. The number of aliphatic hydroxyl groups excluding tert-OH is 1. The molecule has 2 aromatic carbocycles. The van der Waals surface area contributed by atoms with E-state index in [2.05, 4.69) is 5.32 Å². The van der Waals surface area contributed by atoms with Gasteiger partial charge in [0.05, 0.1) is 17.9 Å². The summed E-state index contributed by atoms with van der Waals surface area (Å²) in [4.78, 5) is 24.5. The van der Waals surface area contributed by atoms with Crippen LogP contribution in [0.1, 0.15) is 50.2 Å². The van der Waals surface area contributed by atoms with Crippen molar-refractivity contribution < 1.29 is 19.8 Å². The number of nitrogens with one attached hydrogen (secondary N) is 1. The van der Waals surface area contributed by atoms with Gasteiger partial charge in [-0.1, -0.05) is 54.4 Å². The van der Waals surface area contributed by atoms with Gasteiger partial charge in [-0.2, -0.15) is 0 Å². The summed E-state index contributed by atoms with van der Waals surface area (Å²) in [6.07, 6.45) is 0.802. The number of aryl methyl sites for hydroxylation is 1. The number of carboxylic acid groups (broad SMARTS) is 1. The quantitative estimate of drug-likeness (QED) is 0.494. The Morgan fingerprint density at radius 2 is 1.88 bits per heavy atom. The summed E-state index contributed by atoms with van der Waals surface area (Å²) in [5.74, 6) is -1.71. The minimum atomic E-state index is -1.05. The van der Waals surface area contributed by atoms with Crippen LogP contribution in [0.2, 0.25) is 10.0 Å². The second kappa shape index (κ2) is 10.2. The fraction of sp³-hybridized carbons (Fsp3) is 0.440. The average Bonchev–Trinajstić information content (AvgIpc) is 2.71. The molecule has 32 heavy (non-hydrogen) atoms. The Morgan fingerprint density at radius 1 is 1.19 bits per heavy atom. The maximum atomic E-state index is 13.0. The Balaban J connectivity index is 1.92. The maximum absolute atomic E-state index is 13.0. The topological polar surface area (TPSA) is 86.6 Å². The lowest BCUT2D eigenvalue weighted by Gasteiger charge is -2.46. The fourth-order valence-corrected chi connectivity index (χ4v) is 5.12. The molecule has 3 N–H and O–H groups in total. The van der Waals surface area contributed by atoms with Crippen LogP contribution in [0.25, 0.3) is 0 Å². The highest BCUT2D eigenvalue weighted by molar-refractivity contribution is 6.30. The number of amides is 1. The summed E-state index contributed by atoms with van der Waals surface area (Å²) < 4.78 is 0. The van der Waals surface area contributed by atoms with Gasteiger partial charge in [-0.25, -0.2) is 0 Å². The van der Waals surface area contributed by atoms with E-state index < -0.39 is 17.5 Å². The molecule has 2 aromatic rings. The monoisotopic (exact) mass is 477 g/mol. The normalized spacial score (nSPS) is 25.1. The van der Waals surface area contributed by atoms with Crippen LogP contribution >= 0.6 is 23.2 Å². The molecule has 0 aliphatic carbocycles. The first kappa shape index (κ1) is 24.6. The number of aliphatic hydroxyl groups is 1. The van der Waals surface area contributed by atoms with E-state index in [-0.39, 0.29) is 30.2 Å². The molecule has 1 saturated heterocycles. The van der Waals surface area contributed by atoms with E-state index in [1.54, 1.807) is 19.9 Å². The lowest BCUT2D eigenvalue weighted by Crippen LogP contribution is -2.58. The van der Waals surface area contributed by atoms with Gasteiger partial charge in [0.15, 0.2) is 0 Å². The van der Waals surface area contributed by atoms with Crippen LogP contribution in [0.4, 0.5) is 0 Å². The summed E-state index contributed by atoms with van der Waals surface area (Å²) in [7, 11) is 0. The lowest BCUT2D eigenvalue weighted by molar-refractivity contribution is -0.148. The van der Waals surface area contributed by atoms with Crippen molar-refractivity contribution in [1.29, 1.82) is 0 Å². The predicted molar refractivity (Wildman–Crippen MR) is 126 cm³/mol. The van der Waals surface area contributed by atoms with Gasteiger partial charge in [-0.3, -0.25) is 9.59 Å². The highest BCUT2D eigenvalue weighted by atomic mass is 35.5. The molecule has 1 aliphatic heterocycles. The molecule has 0 saturated carbocycles. The first-order valence-electron chi connectivity index (χ1n) is 10.8. The number of benzene rings is 2. The Morgan fingerprint density at radius 3 is 2.47 bits per heavy atom. The van der Waals surface area contributed by atoms with Crippen molar-refractivity contribution in [2.75, 3.05) is 0 Å². The summed E-state index contributed by atoms with van der Waals surface area (Å²) in [5, 5.41) is 24.4. The maximum Gasteiger partial charge on any atom is 0.304 e. The SMILES string of the molecule is CC(O)C(CCc1ccc(Cl)cc1)C1NC(=O)C(C)(CC(=O)O)CC1c1cccc(Cl)c1. The Labute approximate surface area is 198 Å². The van der Waals surface area contributed by atoms with Gasteiger partial charge >= 0.3 is 5.97 Å². The second-order valence-electron chi connectivity index (χ2n) is 9.07. The molecular weight excluding hydrogens is 449 g/mol. The van der Waals surface area contributed by atoms with Crippen molar-refractivity contribution in [3.8, 4) is 0 Å². The standard InChI is InChI=1S/C25H29Cl2NO4/c1-15(29)20(11-8-16-6-9-18(26)10-7-16)23-21(17-4-3-5-19(27)12-17)13-25(2,14-22(30)31)24(32)28-23/h3-7,9-10,12,15,20-21,23,29H,8,11,13-14H2,1-2H3,(H,28,32)(H,30,31). The fourth-order valence-electron chi connectivity index (χ4n) is 4.79. The van der Waals surface area contributed by atoms with Crippen molar-refractivity contribution in [2.45, 2.75) is 57.6 Å². The third kappa shape index (κ3) is 5.83. The van der Waals surface area contributed by atoms with Crippen molar-refractivity contribution in [1.82, 2.24) is 5.32 Å².